The van der Waals surface area contributed by atoms with Gasteiger partial charge in [-0.15, -0.1) is 6.42 Å². The van der Waals surface area contributed by atoms with Gasteiger partial charge in [0.25, 0.3) is 0 Å². The Morgan fingerprint density at radius 2 is 1.37 bits per heavy atom. The van der Waals surface area contributed by atoms with E-state index in [0.29, 0.717) is 45.9 Å². The first-order valence-electron chi connectivity index (χ1n) is 9.39. The maximum absolute atomic E-state index is 11.2. The van der Waals surface area contributed by atoms with Gasteiger partial charge in [0.05, 0.1) is 26.4 Å². The van der Waals surface area contributed by atoms with Crippen molar-refractivity contribution in [1.82, 2.24) is 0 Å². The third kappa shape index (κ3) is 17.4. The molecular weight excluding hydrogens is 421 g/mol. The fourth-order valence-corrected chi connectivity index (χ4v) is 1.93. The Hall–Kier alpha value is -0.456. The normalized spacial score (nSPS) is 9.74. The number of benzene rings is 1. The molecule has 0 aliphatic carbocycles. The average Bonchev–Trinajstić information content (AvgIpc) is 2.69. The van der Waals surface area contributed by atoms with E-state index in [9.17, 15) is 9.59 Å². The molecule has 151 valence electrons. The van der Waals surface area contributed by atoms with Gasteiger partial charge in [0.15, 0.2) is 5.78 Å². The van der Waals surface area contributed by atoms with Crippen LogP contribution in [0.3, 0.4) is 0 Å². The quantitative estimate of drug-likeness (QED) is 0.243. The molecule has 1 aromatic rings. The molecule has 0 amide bonds. The van der Waals surface area contributed by atoms with Crippen molar-refractivity contribution in [2.24, 2.45) is 0 Å². The van der Waals surface area contributed by atoms with Crippen molar-refractivity contribution in [2.45, 2.75) is 46.5 Å². The summed E-state index contributed by atoms with van der Waals surface area (Å²) in [6.45, 7) is 9.59. The Bertz CT molecular complexity index is 462. The predicted molar refractivity (Wildman–Crippen MR) is 104 cm³/mol. The summed E-state index contributed by atoms with van der Waals surface area (Å²) in [5.41, 5.74) is 2.11. The third-order valence-corrected chi connectivity index (χ3v) is 3.45. The Morgan fingerprint density at radius 3 is 1.81 bits per heavy atom. The van der Waals surface area contributed by atoms with Crippen LogP contribution in [0, 0.1) is 0 Å². The van der Waals surface area contributed by atoms with Crippen molar-refractivity contribution < 1.29 is 56.5 Å². The molecule has 1 rings (SSSR count). The van der Waals surface area contributed by atoms with Crippen LogP contribution >= 0.6 is 0 Å². The number of carbonyl (C=O) groups excluding carboxylic acids is 2. The van der Waals surface area contributed by atoms with Crippen molar-refractivity contribution in [3.05, 3.63) is 35.4 Å². The number of rotatable bonds is 14. The summed E-state index contributed by atoms with van der Waals surface area (Å²) in [6.07, 6.45) is 4.74. The molecule has 0 aliphatic rings. The molecule has 6 heteroatoms. The summed E-state index contributed by atoms with van der Waals surface area (Å²) in [5.74, 6) is 0.220. The van der Waals surface area contributed by atoms with E-state index in [0.717, 1.165) is 25.0 Å². The van der Waals surface area contributed by atoms with Crippen LogP contribution in [0.2, 0.25) is 0 Å². The topological polar surface area (TPSA) is 61.8 Å². The molecule has 1 radical (unpaired) electrons. The number of hydrogen-bond donors (Lipinski definition) is 0. The van der Waals surface area contributed by atoms with Crippen molar-refractivity contribution >= 4 is 12.1 Å². The van der Waals surface area contributed by atoms with Gasteiger partial charge in [0.1, 0.15) is 0 Å². The van der Waals surface area contributed by atoms with E-state index in [2.05, 4.69) is 13.8 Å². The standard InChI is InChI=1S/C11H14O.C10H19O4.Y/c1-3-9-5-7-10(8-6-9)11(12)4-2;1-2-5-12-7-9-14-10-8-13-6-3-4-11;/h5-8H,3-4H2,1-2H3;2-3,5-10H2,1H3;/q;-1;. The van der Waals surface area contributed by atoms with Gasteiger partial charge < -0.3 is 19.0 Å². The number of hydrogen-bond acceptors (Lipinski definition) is 5. The molecule has 27 heavy (non-hydrogen) atoms. The van der Waals surface area contributed by atoms with Gasteiger partial charge in [-0.1, -0.05) is 45.0 Å². The molecule has 0 heterocycles. The fourth-order valence-electron chi connectivity index (χ4n) is 1.93. The summed E-state index contributed by atoms with van der Waals surface area (Å²) in [5, 5.41) is 0. The smallest absolute Gasteiger partial charge is 0.162 e. The van der Waals surface area contributed by atoms with Gasteiger partial charge in [-0.2, -0.15) is 0 Å². The molecule has 0 spiro atoms. The summed E-state index contributed by atoms with van der Waals surface area (Å²) in [7, 11) is 0. The minimum absolute atomic E-state index is 0. The maximum Gasteiger partial charge on any atom is 0.162 e. The number of aryl methyl sites for hydroxylation is 1. The molecule has 0 saturated heterocycles. The SMILES string of the molecule is CCC(=O)c1ccc(CC)cc1.CCCOCCOCCOCC[C-]=O.[Y]. The van der Waals surface area contributed by atoms with Gasteiger partial charge in [0.2, 0.25) is 0 Å². The van der Waals surface area contributed by atoms with Crippen molar-refractivity contribution in [2.75, 3.05) is 39.6 Å². The molecule has 1 aromatic carbocycles. The number of ether oxygens (including phenoxy) is 3. The van der Waals surface area contributed by atoms with E-state index < -0.39 is 0 Å². The molecule has 0 fully saturated rings. The Balaban J connectivity index is 0. The molecule has 0 bridgehead atoms. The minimum Gasteiger partial charge on any atom is -0.542 e. The Labute approximate surface area is 189 Å². The molecule has 0 saturated carbocycles. The van der Waals surface area contributed by atoms with E-state index in [1.807, 2.05) is 31.2 Å². The monoisotopic (exact) mass is 454 g/mol. The number of Topliss-reactive ketones (excluding diaryl/α,β-unsaturated/α-hetero) is 1. The molecule has 0 aliphatic heterocycles. The number of carbonyl (C=O) groups is 1. The first-order chi connectivity index (χ1) is 12.7. The van der Waals surface area contributed by atoms with Crippen LogP contribution in [0.15, 0.2) is 24.3 Å². The van der Waals surface area contributed by atoms with Gasteiger partial charge in [0, 0.05) is 57.9 Å². The van der Waals surface area contributed by atoms with Crippen LogP contribution < -0.4 is 0 Å². The van der Waals surface area contributed by atoms with Crippen LogP contribution in [0.5, 0.6) is 0 Å². The summed E-state index contributed by atoms with van der Waals surface area (Å²) in [4.78, 5) is 21.0. The van der Waals surface area contributed by atoms with Crippen molar-refractivity contribution in [3.8, 4) is 0 Å². The zero-order chi connectivity index (χ0) is 19.5. The molecule has 5 nitrogen and oxygen atoms in total. The van der Waals surface area contributed by atoms with Crippen LogP contribution in [0.25, 0.3) is 0 Å². The summed E-state index contributed by atoms with van der Waals surface area (Å²) in [6, 6.07) is 7.85. The van der Waals surface area contributed by atoms with Crippen molar-refractivity contribution in [1.29, 1.82) is 0 Å². The van der Waals surface area contributed by atoms with Crippen LogP contribution in [-0.4, -0.2) is 51.7 Å². The first kappa shape index (κ1) is 28.8. The third-order valence-electron chi connectivity index (χ3n) is 3.45. The molecule has 0 unspecified atom stereocenters. The predicted octanol–water partition coefficient (Wildman–Crippen LogP) is 3.79. The van der Waals surface area contributed by atoms with Gasteiger partial charge in [-0.05, 0) is 18.4 Å². The van der Waals surface area contributed by atoms with Gasteiger partial charge in [-0.3, -0.25) is 11.1 Å². The van der Waals surface area contributed by atoms with Gasteiger partial charge >= 0.3 is 0 Å². The van der Waals surface area contributed by atoms with Crippen LogP contribution in [-0.2, 0) is 58.1 Å². The molecule has 0 atom stereocenters. The zero-order valence-corrected chi connectivity index (χ0v) is 19.8. The van der Waals surface area contributed by atoms with E-state index in [4.69, 9.17) is 14.2 Å². The largest absolute Gasteiger partial charge is 0.542 e. The van der Waals surface area contributed by atoms with Crippen LogP contribution in [0.1, 0.15) is 56.0 Å². The molecular formula is C21H33O5Y-. The second kappa shape index (κ2) is 21.8. The summed E-state index contributed by atoms with van der Waals surface area (Å²) < 4.78 is 15.5. The van der Waals surface area contributed by atoms with E-state index in [1.165, 1.54) is 5.56 Å². The second-order valence-corrected chi connectivity index (χ2v) is 5.56. The first-order valence-corrected chi connectivity index (χ1v) is 9.39. The summed E-state index contributed by atoms with van der Waals surface area (Å²) >= 11 is 0. The fraction of sp³-hybridized carbons (Fsp3) is 0.619. The van der Waals surface area contributed by atoms with Crippen LogP contribution in [0.4, 0.5) is 0 Å². The maximum atomic E-state index is 11.2. The minimum atomic E-state index is 0. The average molecular weight is 454 g/mol. The second-order valence-electron chi connectivity index (χ2n) is 5.56. The zero-order valence-electron chi connectivity index (χ0n) is 17.0. The van der Waals surface area contributed by atoms with E-state index in [1.54, 1.807) is 6.29 Å². The molecule has 0 N–H and O–H groups in total. The van der Waals surface area contributed by atoms with E-state index >= 15 is 0 Å². The molecule has 0 aromatic heterocycles. The van der Waals surface area contributed by atoms with Crippen molar-refractivity contribution in [3.63, 3.8) is 0 Å². The van der Waals surface area contributed by atoms with Gasteiger partial charge in [-0.25, -0.2) is 0 Å². The van der Waals surface area contributed by atoms with E-state index in [-0.39, 0.29) is 38.5 Å². The number of ketones is 1. The Kier molecular flexibility index (Phi) is 23.3. The Morgan fingerprint density at radius 1 is 0.852 bits per heavy atom.